The van der Waals surface area contributed by atoms with Crippen molar-refractivity contribution in [2.24, 2.45) is 0 Å². The van der Waals surface area contributed by atoms with Gasteiger partial charge in [0.25, 0.3) is 0 Å². The molecule has 126 heavy (non-hydrogen) atoms. The van der Waals surface area contributed by atoms with Crippen LogP contribution in [0.25, 0.3) is 22.3 Å². The molecule has 0 fully saturated rings. The number of hydrogen-bond donors (Lipinski definition) is 0. The fourth-order valence-electron chi connectivity index (χ4n) is 17.9. The fourth-order valence-corrected chi connectivity index (χ4v) is 29.9. The van der Waals surface area contributed by atoms with E-state index < -0.39 is 42.5 Å². The summed E-state index contributed by atoms with van der Waals surface area (Å²) in [4.78, 5) is 0. The Morgan fingerprint density at radius 3 is 0.516 bits per heavy atom. The van der Waals surface area contributed by atoms with Crippen LogP contribution >= 0.6 is 31.7 Å². The Kier molecular flexibility index (Phi) is 32.6. The SMILES string of the molecule is [Au+].[Au+].[Au+].[Au+].[C-]#Cc1ccc2c(c1)-c1ccc(C#[C-])cc1C2(c1ccccc1)c1ccccc1.[C-]#Cc1ccc2c(c1)-c1ccc(C#[C-])cc1C2(c1ccccc1)c1ccccc1.c1ccc([PH+](c2ccccc2)c2ccccc2[PH+](c2ccccc2)c2ccccc2)cc1.c1ccc([PH+](c2ccccc2)c2ccccc2[PH+](c2ccccc2)c2ccccc2)cc1. The Bertz CT molecular complexity index is 5930. The number of benzene rings is 18. The van der Waals surface area contributed by atoms with Gasteiger partial charge in [0.05, 0.1) is 10.8 Å². The maximum absolute atomic E-state index is 7.69. The summed E-state index contributed by atoms with van der Waals surface area (Å²) >= 11 is 0. The maximum atomic E-state index is 7.69. The Hall–Kier alpha value is -11.1. The van der Waals surface area contributed by atoms with Crippen LogP contribution in [0.1, 0.15) is 66.8 Å². The van der Waals surface area contributed by atoms with Gasteiger partial charge in [-0.25, -0.2) is 0 Å². The van der Waals surface area contributed by atoms with E-state index in [-0.39, 0.29) is 89.5 Å². The van der Waals surface area contributed by atoms with Crippen molar-refractivity contribution in [3.63, 3.8) is 0 Å². The van der Waals surface area contributed by atoms with E-state index in [9.17, 15) is 0 Å². The van der Waals surface area contributed by atoms with E-state index in [1.165, 1.54) is 97.0 Å². The molecule has 0 saturated carbocycles. The summed E-state index contributed by atoms with van der Waals surface area (Å²) in [7, 11) is -4.56. The smallest absolute Gasteiger partial charge is 0.366 e. The van der Waals surface area contributed by atoms with Gasteiger partial charge in [-0.15, -0.1) is 70.8 Å². The molecule has 0 aliphatic heterocycles. The summed E-state index contributed by atoms with van der Waals surface area (Å²) in [5.41, 5.74) is 15.9. The summed E-state index contributed by atoms with van der Waals surface area (Å²) in [5, 5.41) is 17.4. The molecule has 18 aromatic carbocycles. The zero-order chi connectivity index (χ0) is 82.9. The van der Waals surface area contributed by atoms with Crippen LogP contribution in [0.2, 0.25) is 0 Å². The molecule has 2 aliphatic carbocycles. The molecule has 20 rings (SSSR count). The second-order valence-corrected chi connectivity index (χ2v) is 39.8. The fraction of sp³-hybridized carbons (Fsp3) is 0.0169. The molecule has 0 bridgehead atoms. The molecule has 0 radical (unpaired) electrons. The minimum Gasteiger partial charge on any atom is -0.366 e. The van der Waals surface area contributed by atoms with Crippen LogP contribution in [0.4, 0.5) is 0 Å². The van der Waals surface area contributed by atoms with Gasteiger partial charge in [-0.3, -0.25) is 23.7 Å². The molecule has 616 valence electrons. The molecular formula is C118H84Au4P4+4. The first-order valence-electron chi connectivity index (χ1n) is 41.0. The summed E-state index contributed by atoms with van der Waals surface area (Å²) in [6.07, 6.45) is 30.6. The van der Waals surface area contributed by atoms with Gasteiger partial charge < -0.3 is 25.7 Å². The van der Waals surface area contributed by atoms with E-state index in [4.69, 9.17) is 25.7 Å². The van der Waals surface area contributed by atoms with Crippen molar-refractivity contribution < 1.29 is 89.5 Å². The van der Waals surface area contributed by atoms with Crippen LogP contribution in [-0.4, -0.2) is 0 Å². The summed E-state index contributed by atoms with van der Waals surface area (Å²) in [5.74, 6) is 10.2. The third kappa shape index (κ3) is 19.3. The van der Waals surface area contributed by atoms with E-state index in [0.29, 0.717) is 0 Å². The molecule has 0 saturated heterocycles. The van der Waals surface area contributed by atoms with Crippen LogP contribution in [0.3, 0.4) is 0 Å². The van der Waals surface area contributed by atoms with Crippen molar-refractivity contribution in [2.45, 2.75) is 10.8 Å². The number of hydrogen-bond acceptors (Lipinski definition) is 0. The Labute approximate surface area is 811 Å². The Morgan fingerprint density at radius 1 is 0.159 bits per heavy atom. The minimum atomic E-state index is -1.14. The molecule has 0 nitrogen and oxygen atoms in total. The van der Waals surface area contributed by atoms with Gasteiger partial charge in [-0.05, 0) is 188 Å². The normalized spacial score (nSPS) is 11.6. The van der Waals surface area contributed by atoms with Crippen molar-refractivity contribution in [3.8, 4) is 45.9 Å². The van der Waals surface area contributed by atoms with Crippen molar-refractivity contribution >= 4 is 95.3 Å². The minimum absolute atomic E-state index is 0. The number of fused-ring (bicyclic) bond motifs is 6. The van der Waals surface area contributed by atoms with Crippen LogP contribution in [-0.2, 0) is 100 Å². The topological polar surface area (TPSA) is 0 Å². The molecule has 8 heteroatoms. The summed E-state index contributed by atoms with van der Waals surface area (Å²) in [6.45, 7) is 0. The molecule has 0 amide bonds. The van der Waals surface area contributed by atoms with Crippen molar-refractivity contribution in [1.29, 1.82) is 0 Å². The monoisotopic (exact) mass is 2410 g/mol. The Morgan fingerprint density at radius 2 is 0.325 bits per heavy atom. The van der Waals surface area contributed by atoms with Crippen LogP contribution in [0.5, 0.6) is 0 Å². The van der Waals surface area contributed by atoms with Gasteiger partial charge >= 0.3 is 89.5 Å². The Balaban J connectivity index is 0.000000143. The molecule has 0 spiro atoms. The predicted molar refractivity (Wildman–Crippen MR) is 526 cm³/mol. The first-order chi connectivity index (χ1) is 60.4. The average Bonchev–Trinajstić information content (AvgIpc) is 1.54. The van der Waals surface area contributed by atoms with Gasteiger partial charge in [0, 0.05) is 0 Å². The number of rotatable bonds is 16. The van der Waals surface area contributed by atoms with Gasteiger partial charge in [-0.1, -0.05) is 315 Å². The molecule has 0 heterocycles. The molecule has 18 aromatic rings. The van der Waals surface area contributed by atoms with Crippen LogP contribution in [0.15, 0.2) is 485 Å². The molecule has 0 atom stereocenters. The van der Waals surface area contributed by atoms with Gasteiger partial charge in [0.1, 0.15) is 95.3 Å². The molecule has 0 aromatic heterocycles. The summed E-state index contributed by atoms with van der Waals surface area (Å²) < 4.78 is 0. The summed E-state index contributed by atoms with van der Waals surface area (Å²) in [6, 6.07) is 173. The zero-order valence-corrected chi connectivity index (χ0v) is 81.1. The third-order valence-electron chi connectivity index (χ3n) is 23.1. The van der Waals surface area contributed by atoms with Gasteiger partial charge in [0.15, 0.2) is 0 Å². The van der Waals surface area contributed by atoms with Crippen molar-refractivity contribution in [1.82, 2.24) is 0 Å². The van der Waals surface area contributed by atoms with Crippen LogP contribution < -0.4 is 63.7 Å². The van der Waals surface area contributed by atoms with E-state index in [2.05, 4.69) is 448 Å². The molecule has 0 N–H and O–H groups in total. The molecular weight excluding hydrogens is 2330 g/mol. The second-order valence-electron chi connectivity index (χ2n) is 30.0. The largest absolute Gasteiger partial charge is 1.00 e. The molecule has 2 aliphatic rings. The van der Waals surface area contributed by atoms with Gasteiger partial charge in [0.2, 0.25) is 0 Å². The van der Waals surface area contributed by atoms with Crippen LogP contribution in [0, 0.1) is 49.4 Å². The van der Waals surface area contributed by atoms with E-state index in [1.807, 2.05) is 60.7 Å². The van der Waals surface area contributed by atoms with E-state index in [0.717, 1.165) is 55.6 Å². The quantitative estimate of drug-likeness (QED) is 0.0391. The first-order valence-corrected chi connectivity index (χ1v) is 47.0. The standard InChI is InChI=1S/2C30H24P2.2C29H16.4Au/c2*1-5-15-25(16-6-1)31(26-17-7-2-8-18-26)29-23-13-14-24-30(29)32(27-19-9-3-10-20-27)28-21-11-4-12-22-28;2*1-3-21-16-18-27-26(19-21)25-17-15-22(4-2)20-28(25)29(27,23-11-7-5-8-12-23)24-13-9-6-10-14-24;;;;/h2*1-24H;2*5-20H;;;;/q;;2*-2;4*+1/p+4. The van der Waals surface area contributed by atoms with Crippen molar-refractivity contribution in [2.75, 3.05) is 0 Å². The first kappa shape index (κ1) is 92.5. The van der Waals surface area contributed by atoms with E-state index in [1.54, 1.807) is 0 Å². The van der Waals surface area contributed by atoms with E-state index >= 15 is 0 Å². The zero-order valence-electron chi connectivity index (χ0n) is 68.4. The van der Waals surface area contributed by atoms with Gasteiger partial charge in [-0.2, -0.15) is 0 Å². The maximum Gasteiger partial charge on any atom is 1.00 e. The predicted octanol–water partition coefficient (Wildman–Crippen LogP) is 21.2. The molecule has 0 unspecified atom stereocenters. The second kappa shape index (κ2) is 44.4. The average molecular weight is 2410 g/mol. The van der Waals surface area contributed by atoms with Crippen molar-refractivity contribution in [3.05, 3.63) is 578 Å². The third-order valence-corrected chi connectivity index (χ3v) is 34.8.